The van der Waals surface area contributed by atoms with E-state index in [1.807, 2.05) is 19.1 Å². The van der Waals surface area contributed by atoms with Gasteiger partial charge in [0.2, 0.25) is 0 Å². The number of anilines is 1. The van der Waals surface area contributed by atoms with Crippen LogP contribution in [0, 0.1) is 0 Å². The molecule has 0 bridgehead atoms. The Morgan fingerprint density at radius 2 is 1.79 bits per heavy atom. The van der Waals surface area contributed by atoms with Gasteiger partial charge in [-0.3, -0.25) is 9.80 Å². The number of benzene rings is 2. The Hall–Kier alpha value is -2.90. The Morgan fingerprint density at radius 3 is 2.50 bits per heavy atom. The summed E-state index contributed by atoms with van der Waals surface area (Å²) in [6.07, 6.45) is 1.98. The van der Waals surface area contributed by atoms with E-state index in [9.17, 15) is 9.90 Å². The van der Waals surface area contributed by atoms with Crippen LogP contribution >= 0.6 is 0 Å². The lowest BCUT2D eigenvalue weighted by atomic mass is 9.96. The lowest BCUT2D eigenvalue weighted by Gasteiger charge is -2.35. The Labute approximate surface area is 200 Å². The fourth-order valence-electron chi connectivity index (χ4n) is 5.64. The van der Waals surface area contributed by atoms with E-state index in [2.05, 4.69) is 53.6 Å². The van der Waals surface area contributed by atoms with Crippen molar-refractivity contribution in [1.29, 1.82) is 0 Å². The molecule has 1 amide bonds. The van der Waals surface area contributed by atoms with Crippen LogP contribution < -0.4 is 4.90 Å². The molecule has 5 rings (SSSR count). The number of carbonyl (C=O) groups is 1. The lowest BCUT2D eigenvalue weighted by Crippen LogP contribution is -2.46. The third-order valence-electron chi connectivity index (χ3n) is 7.14. The molecule has 34 heavy (non-hydrogen) atoms. The number of hydrogen-bond acceptors (Lipinski definition) is 4. The molecule has 3 aromatic rings. The topological polar surface area (TPSA) is 70.8 Å². The average molecular weight is 463 g/mol. The second-order valence-corrected chi connectivity index (χ2v) is 9.83. The summed E-state index contributed by atoms with van der Waals surface area (Å²) in [6.45, 7) is 9.90. The Kier molecular flexibility index (Phi) is 6.32. The van der Waals surface area contributed by atoms with Crippen molar-refractivity contribution < 1.29 is 14.6 Å². The minimum absolute atomic E-state index is 0.0291. The number of amides is 1. The molecule has 180 valence electrons. The van der Waals surface area contributed by atoms with Crippen molar-refractivity contribution in [3.63, 3.8) is 0 Å². The molecule has 1 N–H and O–H groups in total. The van der Waals surface area contributed by atoms with Crippen LogP contribution in [0.2, 0.25) is 0 Å². The van der Waals surface area contributed by atoms with E-state index in [0.717, 1.165) is 73.6 Å². The minimum atomic E-state index is -0.896. The number of rotatable bonds is 5. The van der Waals surface area contributed by atoms with Crippen molar-refractivity contribution in [2.24, 2.45) is 0 Å². The first-order chi connectivity index (χ1) is 16.4. The van der Waals surface area contributed by atoms with Crippen molar-refractivity contribution in [2.75, 3.05) is 24.5 Å². The van der Waals surface area contributed by atoms with Gasteiger partial charge in [0.05, 0.1) is 28.9 Å². The van der Waals surface area contributed by atoms with Gasteiger partial charge in [-0.25, -0.2) is 9.78 Å². The number of aryl methyl sites for hydroxylation is 1. The zero-order valence-electron chi connectivity index (χ0n) is 20.3. The summed E-state index contributed by atoms with van der Waals surface area (Å²) >= 11 is 0. The predicted molar refractivity (Wildman–Crippen MR) is 134 cm³/mol. The molecule has 0 radical (unpaired) electrons. The highest BCUT2D eigenvalue weighted by Crippen LogP contribution is 2.36. The molecule has 0 spiro atoms. The standard InChI is InChI=1S/C27H34N4O3/c1-18-9-10-22-23(31(18)27(32)33)11-12-24-26(22)28-25(15-21-7-5-4-6-8-21)30(24)14-13-29-16-19(2)34-20(3)17-29/h4-8,11-12,18-20H,9-10,13-17H2,1-3H3,(H,32,33)/t18?,19-,20-/m1/s1. The Balaban J connectivity index is 1.53. The van der Waals surface area contributed by atoms with Gasteiger partial charge >= 0.3 is 6.09 Å². The lowest BCUT2D eigenvalue weighted by molar-refractivity contribution is -0.0685. The Morgan fingerprint density at radius 1 is 1.06 bits per heavy atom. The molecular weight excluding hydrogens is 428 g/mol. The largest absolute Gasteiger partial charge is 0.465 e. The number of imidazole rings is 1. The second-order valence-electron chi connectivity index (χ2n) is 9.83. The predicted octanol–water partition coefficient (Wildman–Crippen LogP) is 4.56. The van der Waals surface area contributed by atoms with Gasteiger partial charge in [0.1, 0.15) is 5.82 Å². The molecule has 1 saturated heterocycles. The average Bonchev–Trinajstić information content (AvgIpc) is 3.14. The van der Waals surface area contributed by atoms with Crippen LogP contribution in [0.1, 0.15) is 44.1 Å². The zero-order chi connectivity index (χ0) is 23.8. The molecule has 3 atom stereocenters. The molecule has 1 aromatic heterocycles. The van der Waals surface area contributed by atoms with E-state index in [1.54, 1.807) is 0 Å². The molecule has 2 aliphatic heterocycles. The molecule has 3 heterocycles. The zero-order valence-corrected chi connectivity index (χ0v) is 20.3. The molecule has 0 saturated carbocycles. The van der Waals surface area contributed by atoms with E-state index >= 15 is 0 Å². The molecule has 7 nitrogen and oxygen atoms in total. The second kappa shape index (κ2) is 9.39. The SMILES string of the molecule is CC1CCc2c(ccc3c2nc(Cc2ccccc2)n3CCN2C[C@@H](C)O[C@H](C)C2)N1C(=O)O. The first-order valence-electron chi connectivity index (χ1n) is 12.4. The first kappa shape index (κ1) is 22.9. The smallest absolute Gasteiger partial charge is 0.412 e. The maximum atomic E-state index is 12.0. The molecule has 2 aromatic carbocycles. The van der Waals surface area contributed by atoms with E-state index in [4.69, 9.17) is 9.72 Å². The fraction of sp³-hybridized carbons (Fsp3) is 0.481. The molecule has 7 heteroatoms. The number of carboxylic acid groups (broad SMARTS) is 1. The number of hydrogen-bond donors (Lipinski definition) is 1. The van der Waals surface area contributed by atoms with Crippen LogP contribution in [0.25, 0.3) is 11.0 Å². The van der Waals surface area contributed by atoms with Crippen molar-refractivity contribution in [2.45, 2.75) is 64.8 Å². The van der Waals surface area contributed by atoms with Crippen LogP contribution in [0.3, 0.4) is 0 Å². The summed E-state index contributed by atoms with van der Waals surface area (Å²) in [6, 6.07) is 14.4. The van der Waals surface area contributed by atoms with Gasteiger partial charge in [-0.15, -0.1) is 0 Å². The summed E-state index contributed by atoms with van der Waals surface area (Å²) in [4.78, 5) is 21.1. The van der Waals surface area contributed by atoms with E-state index in [1.165, 1.54) is 10.5 Å². The van der Waals surface area contributed by atoms with Gasteiger partial charge in [0.25, 0.3) is 0 Å². The van der Waals surface area contributed by atoms with E-state index < -0.39 is 6.09 Å². The van der Waals surface area contributed by atoms with Crippen molar-refractivity contribution in [3.05, 3.63) is 59.4 Å². The molecule has 0 aliphatic carbocycles. The number of aromatic nitrogens is 2. The van der Waals surface area contributed by atoms with Crippen LogP contribution in [0.15, 0.2) is 42.5 Å². The number of morpholine rings is 1. The minimum Gasteiger partial charge on any atom is -0.465 e. The maximum Gasteiger partial charge on any atom is 0.412 e. The summed E-state index contributed by atoms with van der Waals surface area (Å²) in [7, 11) is 0. The highest BCUT2D eigenvalue weighted by atomic mass is 16.5. The molecule has 1 unspecified atom stereocenters. The number of nitrogens with zero attached hydrogens (tertiary/aromatic N) is 4. The van der Waals surface area contributed by atoms with Gasteiger partial charge < -0.3 is 14.4 Å². The van der Waals surface area contributed by atoms with Crippen molar-refractivity contribution in [1.82, 2.24) is 14.5 Å². The highest BCUT2D eigenvalue weighted by molar-refractivity contribution is 5.94. The highest BCUT2D eigenvalue weighted by Gasteiger charge is 2.31. The summed E-state index contributed by atoms with van der Waals surface area (Å²) in [5.41, 5.74) is 5.11. The van der Waals surface area contributed by atoms with E-state index in [-0.39, 0.29) is 18.2 Å². The van der Waals surface area contributed by atoms with Crippen LogP contribution in [0.4, 0.5) is 10.5 Å². The Bertz CT molecular complexity index is 1170. The van der Waals surface area contributed by atoms with E-state index in [0.29, 0.717) is 0 Å². The van der Waals surface area contributed by atoms with Gasteiger partial charge in [-0.1, -0.05) is 30.3 Å². The monoisotopic (exact) mass is 462 g/mol. The first-order valence-corrected chi connectivity index (χ1v) is 12.4. The summed E-state index contributed by atoms with van der Waals surface area (Å²) in [5.74, 6) is 1.03. The quantitative estimate of drug-likeness (QED) is 0.602. The third kappa shape index (κ3) is 4.42. The maximum absolute atomic E-state index is 12.0. The third-order valence-corrected chi connectivity index (χ3v) is 7.14. The normalized spacial score (nSPS) is 23.3. The summed E-state index contributed by atoms with van der Waals surface area (Å²) < 4.78 is 8.26. The molecule has 1 fully saturated rings. The van der Waals surface area contributed by atoms with Gasteiger partial charge in [0.15, 0.2) is 0 Å². The number of ether oxygens (including phenoxy) is 1. The van der Waals surface area contributed by atoms with Gasteiger partial charge in [0, 0.05) is 44.2 Å². The fourth-order valence-corrected chi connectivity index (χ4v) is 5.64. The number of fused-ring (bicyclic) bond motifs is 3. The van der Waals surface area contributed by atoms with Crippen LogP contribution in [-0.2, 0) is 24.1 Å². The van der Waals surface area contributed by atoms with Gasteiger partial charge in [-0.2, -0.15) is 0 Å². The molecule has 2 aliphatic rings. The summed E-state index contributed by atoms with van der Waals surface area (Å²) in [5, 5.41) is 9.84. The van der Waals surface area contributed by atoms with Gasteiger partial charge in [-0.05, 0) is 51.3 Å². The van der Waals surface area contributed by atoms with Crippen molar-refractivity contribution >= 4 is 22.8 Å². The van der Waals surface area contributed by atoms with Crippen LogP contribution in [0.5, 0.6) is 0 Å². The van der Waals surface area contributed by atoms with Crippen molar-refractivity contribution in [3.8, 4) is 0 Å². The van der Waals surface area contributed by atoms with Crippen LogP contribution in [-0.4, -0.2) is 63.5 Å². The molecular formula is C27H34N4O3.